The summed E-state index contributed by atoms with van der Waals surface area (Å²) in [7, 11) is 0. The fraction of sp³-hybridized carbons (Fsp3) is 0.500. The van der Waals surface area contributed by atoms with E-state index in [1.165, 1.54) is 43.3 Å². The van der Waals surface area contributed by atoms with Crippen LogP contribution < -0.4 is 5.32 Å². The number of aromatic nitrogens is 1. The number of hydrogen-bond donors (Lipinski definition) is 2. The summed E-state index contributed by atoms with van der Waals surface area (Å²) in [5.74, 6) is 0. The van der Waals surface area contributed by atoms with Gasteiger partial charge in [0, 0.05) is 53.8 Å². The van der Waals surface area contributed by atoms with Crippen LogP contribution in [0, 0.1) is 0 Å². The number of fused-ring (bicyclic) bond motifs is 3. The Kier molecular flexibility index (Phi) is 3.21. The first-order valence-corrected chi connectivity index (χ1v) is 7.89. The van der Waals surface area contributed by atoms with Crippen LogP contribution in [0.5, 0.6) is 0 Å². The number of benzene rings is 1. The third kappa shape index (κ3) is 2.34. The molecule has 1 aromatic heterocycles. The molecule has 3 nitrogen and oxygen atoms in total. The predicted octanol–water partition coefficient (Wildman–Crippen LogP) is 3.15. The summed E-state index contributed by atoms with van der Waals surface area (Å²) in [5.41, 5.74) is 2.52. The molecule has 0 saturated carbocycles. The van der Waals surface area contributed by atoms with Crippen LogP contribution in [0.3, 0.4) is 0 Å². The highest BCUT2D eigenvalue weighted by Crippen LogP contribution is 2.25. The summed E-state index contributed by atoms with van der Waals surface area (Å²) < 4.78 is 0. The number of hydrogen-bond acceptors (Lipinski definition) is 2. The van der Waals surface area contributed by atoms with Gasteiger partial charge in [-0.2, -0.15) is 0 Å². The first-order valence-electron chi connectivity index (χ1n) is 7.52. The lowest BCUT2D eigenvalue weighted by Gasteiger charge is -2.23. The molecular weight excluding hydrogens is 270 g/mol. The summed E-state index contributed by atoms with van der Waals surface area (Å²) >= 11 is 6.05. The van der Waals surface area contributed by atoms with Crippen molar-refractivity contribution in [2.75, 3.05) is 13.1 Å². The monoisotopic (exact) mass is 289 g/mol. The standard InChI is InChI=1S/C16H20ClN3/c17-12-1-4-15-11(8-18-16(15)7-12)9-20-6-5-13-2-3-14(10-20)19-13/h1,4,7-8,13-14,18-19H,2-3,5-6,9-10H2. The lowest BCUT2D eigenvalue weighted by Crippen LogP contribution is -2.34. The Labute approximate surface area is 124 Å². The average Bonchev–Trinajstić information content (AvgIpc) is 2.96. The molecule has 2 aliphatic heterocycles. The first kappa shape index (κ1) is 12.7. The molecule has 2 saturated heterocycles. The van der Waals surface area contributed by atoms with Gasteiger partial charge in [0.1, 0.15) is 0 Å². The van der Waals surface area contributed by atoms with Crippen molar-refractivity contribution in [2.45, 2.75) is 37.9 Å². The second kappa shape index (κ2) is 5.06. The molecule has 20 heavy (non-hydrogen) atoms. The lowest BCUT2D eigenvalue weighted by molar-refractivity contribution is 0.252. The van der Waals surface area contributed by atoms with Gasteiger partial charge in [-0.15, -0.1) is 0 Å². The molecule has 106 valence electrons. The molecule has 0 amide bonds. The zero-order chi connectivity index (χ0) is 13.5. The van der Waals surface area contributed by atoms with Crippen LogP contribution in [0.15, 0.2) is 24.4 Å². The summed E-state index contributed by atoms with van der Waals surface area (Å²) in [6.45, 7) is 3.41. The normalized spacial score (nSPS) is 27.1. The van der Waals surface area contributed by atoms with Gasteiger partial charge in [-0.25, -0.2) is 0 Å². The Morgan fingerprint density at radius 1 is 1.20 bits per heavy atom. The maximum absolute atomic E-state index is 6.05. The van der Waals surface area contributed by atoms with Gasteiger partial charge < -0.3 is 10.3 Å². The van der Waals surface area contributed by atoms with Crippen LogP contribution in [-0.2, 0) is 6.54 Å². The highest BCUT2D eigenvalue weighted by atomic mass is 35.5. The zero-order valence-electron chi connectivity index (χ0n) is 11.5. The molecule has 2 N–H and O–H groups in total. The van der Waals surface area contributed by atoms with Gasteiger partial charge in [0.15, 0.2) is 0 Å². The highest BCUT2D eigenvalue weighted by molar-refractivity contribution is 6.31. The SMILES string of the molecule is Clc1ccc2c(CN3CCC4CCC(C3)N4)c[nH]c2c1. The lowest BCUT2D eigenvalue weighted by atomic mass is 10.1. The first-order chi connectivity index (χ1) is 9.78. The molecule has 4 rings (SSSR count). The van der Waals surface area contributed by atoms with E-state index in [4.69, 9.17) is 11.6 Å². The quantitative estimate of drug-likeness (QED) is 0.890. The molecule has 2 aliphatic rings. The number of aromatic amines is 1. The van der Waals surface area contributed by atoms with E-state index < -0.39 is 0 Å². The molecule has 2 atom stereocenters. The maximum Gasteiger partial charge on any atom is 0.0472 e. The van der Waals surface area contributed by atoms with E-state index in [1.54, 1.807) is 0 Å². The molecule has 2 bridgehead atoms. The second-order valence-corrected chi connectivity index (χ2v) is 6.60. The van der Waals surface area contributed by atoms with Crippen LogP contribution in [0.4, 0.5) is 0 Å². The Hall–Kier alpha value is -1.03. The third-order valence-corrected chi connectivity index (χ3v) is 4.97. The Bertz CT molecular complexity index is 621. The van der Waals surface area contributed by atoms with Crippen molar-refractivity contribution in [1.82, 2.24) is 15.2 Å². The Morgan fingerprint density at radius 2 is 2.10 bits per heavy atom. The van der Waals surface area contributed by atoms with E-state index in [-0.39, 0.29) is 0 Å². The van der Waals surface area contributed by atoms with Crippen molar-refractivity contribution in [1.29, 1.82) is 0 Å². The average molecular weight is 290 g/mol. The van der Waals surface area contributed by atoms with Crippen LogP contribution in [0.25, 0.3) is 10.9 Å². The number of nitrogens with one attached hydrogen (secondary N) is 2. The van der Waals surface area contributed by atoms with Crippen molar-refractivity contribution in [2.24, 2.45) is 0 Å². The molecule has 2 fully saturated rings. The van der Waals surface area contributed by atoms with Crippen LogP contribution in [0.1, 0.15) is 24.8 Å². The maximum atomic E-state index is 6.05. The molecule has 4 heteroatoms. The molecule has 1 aromatic carbocycles. The van der Waals surface area contributed by atoms with Gasteiger partial charge in [-0.1, -0.05) is 17.7 Å². The van der Waals surface area contributed by atoms with E-state index in [9.17, 15) is 0 Å². The summed E-state index contributed by atoms with van der Waals surface area (Å²) in [4.78, 5) is 5.93. The second-order valence-electron chi connectivity index (χ2n) is 6.17. The van der Waals surface area contributed by atoms with E-state index in [1.807, 2.05) is 12.1 Å². The summed E-state index contributed by atoms with van der Waals surface area (Å²) in [6.07, 6.45) is 6.12. The molecule has 3 heterocycles. The predicted molar refractivity (Wildman–Crippen MR) is 83.1 cm³/mol. The minimum atomic E-state index is 0.696. The highest BCUT2D eigenvalue weighted by Gasteiger charge is 2.29. The van der Waals surface area contributed by atoms with Gasteiger partial charge in [-0.3, -0.25) is 4.90 Å². The largest absolute Gasteiger partial charge is 0.361 e. The van der Waals surface area contributed by atoms with E-state index in [0.717, 1.165) is 23.1 Å². The van der Waals surface area contributed by atoms with Gasteiger partial charge in [0.25, 0.3) is 0 Å². The molecular formula is C16H20ClN3. The zero-order valence-corrected chi connectivity index (χ0v) is 12.3. The van der Waals surface area contributed by atoms with Crippen molar-refractivity contribution in [3.8, 4) is 0 Å². The van der Waals surface area contributed by atoms with Gasteiger partial charge >= 0.3 is 0 Å². The minimum Gasteiger partial charge on any atom is -0.361 e. The fourth-order valence-electron chi connectivity index (χ4n) is 3.69. The van der Waals surface area contributed by atoms with Crippen molar-refractivity contribution in [3.05, 3.63) is 35.0 Å². The number of likely N-dealkylation sites (tertiary alicyclic amines) is 1. The van der Waals surface area contributed by atoms with Gasteiger partial charge in [0.2, 0.25) is 0 Å². The van der Waals surface area contributed by atoms with Crippen molar-refractivity contribution in [3.63, 3.8) is 0 Å². The number of nitrogens with zero attached hydrogens (tertiary/aromatic N) is 1. The van der Waals surface area contributed by atoms with Crippen LogP contribution in [-0.4, -0.2) is 35.1 Å². The smallest absolute Gasteiger partial charge is 0.0472 e. The molecule has 2 unspecified atom stereocenters. The van der Waals surface area contributed by atoms with Crippen LogP contribution >= 0.6 is 11.6 Å². The van der Waals surface area contributed by atoms with Crippen LogP contribution in [0.2, 0.25) is 5.02 Å². The van der Waals surface area contributed by atoms with Crippen molar-refractivity contribution < 1.29 is 0 Å². The third-order valence-electron chi connectivity index (χ3n) is 4.73. The summed E-state index contributed by atoms with van der Waals surface area (Å²) in [6, 6.07) is 7.57. The Morgan fingerprint density at radius 3 is 3.05 bits per heavy atom. The van der Waals surface area contributed by atoms with Gasteiger partial charge in [0.05, 0.1) is 0 Å². The minimum absolute atomic E-state index is 0.696. The summed E-state index contributed by atoms with van der Waals surface area (Å²) in [5, 5.41) is 5.84. The van der Waals surface area contributed by atoms with Crippen molar-refractivity contribution >= 4 is 22.5 Å². The fourth-order valence-corrected chi connectivity index (χ4v) is 3.86. The molecule has 0 aliphatic carbocycles. The Balaban J connectivity index is 1.55. The number of halogens is 1. The number of H-pyrrole nitrogens is 1. The van der Waals surface area contributed by atoms with Gasteiger partial charge in [-0.05, 0) is 37.0 Å². The molecule has 0 spiro atoms. The topological polar surface area (TPSA) is 31.1 Å². The molecule has 0 radical (unpaired) electrons. The van der Waals surface area contributed by atoms with E-state index >= 15 is 0 Å². The number of rotatable bonds is 2. The van der Waals surface area contributed by atoms with E-state index in [0.29, 0.717) is 6.04 Å². The van der Waals surface area contributed by atoms with E-state index in [2.05, 4.69) is 27.5 Å². The molecule has 2 aromatic rings.